The van der Waals surface area contributed by atoms with Gasteiger partial charge in [-0.3, -0.25) is 4.98 Å². The van der Waals surface area contributed by atoms with Crippen LogP contribution < -0.4 is 0 Å². The maximum Gasteiger partial charge on any atom is 0.145 e. The summed E-state index contributed by atoms with van der Waals surface area (Å²) in [5.74, 6) is 1.24. The van der Waals surface area contributed by atoms with Crippen molar-refractivity contribution in [1.29, 1.82) is 0 Å². The first-order valence-corrected chi connectivity index (χ1v) is 13.4. The van der Waals surface area contributed by atoms with Crippen molar-refractivity contribution in [3.63, 3.8) is 0 Å². The molecule has 2 aromatic heterocycles. The first-order valence-electron chi connectivity index (χ1n) is 12.2. The predicted molar refractivity (Wildman–Crippen MR) is 142 cm³/mol. The van der Waals surface area contributed by atoms with Crippen molar-refractivity contribution >= 4 is 45.7 Å². The van der Waals surface area contributed by atoms with Crippen LogP contribution in [0.2, 0.25) is 15.1 Å². The van der Waals surface area contributed by atoms with Gasteiger partial charge in [0.05, 0.1) is 38.9 Å². The number of hydrogen-bond acceptors (Lipinski definition) is 5. The van der Waals surface area contributed by atoms with Gasteiger partial charge in [-0.1, -0.05) is 58.2 Å². The van der Waals surface area contributed by atoms with Gasteiger partial charge in [-0.2, -0.15) is 0 Å². The molecule has 2 aliphatic rings. The monoisotopic (exact) mass is 542 g/mol. The van der Waals surface area contributed by atoms with Crippen LogP contribution in [0.5, 0.6) is 0 Å². The van der Waals surface area contributed by atoms with Gasteiger partial charge in [0.25, 0.3) is 0 Å². The Morgan fingerprint density at radius 3 is 2.44 bits per heavy atom. The number of rotatable bonds is 6. The minimum atomic E-state index is -0.912. The lowest BCUT2D eigenvalue weighted by Crippen LogP contribution is -2.34. The molecule has 4 aromatic rings. The van der Waals surface area contributed by atoms with Crippen molar-refractivity contribution in [1.82, 2.24) is 10.1 Å². The molecule has 2 saturated carbocycles. The zero-order chi connectivity index (χ0) is 24.9. The first kappa shape index (κ1) is 24.2. The summed E-state index contributed by atoms with van der Waals surface area (Å²) in [6, 6.07) is 13.0. The van der Waals surface area contributed by atoms with Crippen molar-refractivity contribution in [2.75, 3.05) is 0 Å². The van der Waals surface area contributed by atoms with E-state index in [9.17, 15) is 5.11 Å². The molecule has 5 nitrogen and oxygen atoms in total. The highest BCUT2D eigenvalue weighted by Crippen LogP contribution is 2.46. The van der Waals surface area contributed by atoms with Crippen LogP contribution in [0.15, 0.2) is 53.2 Å². The van der Waals surface area contributed by atoms with E-state index in [1.165, 1.54) is 0 Å². The zero-order valence-corrected chi connectivity index (χ0v) is 21.8. The van der Waals surface area contributed by atoms with E-state index in [0.29, 0.717) is 51.7 Å². The van der Waals surface area contributed by atoms with Crippen LogP contribution in [-0.4, -0.2) is 21.4 Å². The van der Waals surface area contributed by atoms with E-state index in [2.05, 4.69) is 10.1 Å². The standard InChI is InChI=1S/C28H25Cl3N2O3/c29-21-10-13-32-24-14-17(6-7-19(21)24)28(34)11-8-18(9-12-28)35-15-20-26(33-36-27(20)16-4-5-16)25-22(30)2-1-3-23(25)31/h1-3,6-7,10,13-14,16,18,34H,4-5,8-9,11-12,15H2. The van der Waals surface area contributed by atoms with E-state index in [0.717, 1.165) is 53.5 Å². The SMILES string of the molecule is OC1(c2ccc3c(Cl)ccnc3c2)CCC(OCc2c(-c3c(Cl)cccc3Cl)noc2C2CC2)CC1. The second-order valence-corrected chi connectivity index (χ2v) is 11.0. The lowest BCUT2D eigenvalue weighted by atomic mass is 9.78. The van der Waals surface area contributed by atoms with Gasteiger partial charge in [0.1, 0.15) is 11.5 Å². The Hall–Kier alpha value is -2.15. The van der Waals surface area contributed by atoms with Crippen LogP contribution in [-0.2, 0) is 16.9 Å². The maximum atomic E-state index is 11.4. The van der Waals surface area contributed by atoms with E-state index in [1.807, 2.05) is 24.3 Å². The smallest absolute Gasteiger partial charge is 0.145 e. The number of ether oxygens (including phenoxy) is 1. The van der Waals surface area contributed by atoms with Crippen molar-refractivity contribution in [3.05, 3.63) is 80.6 Å². The second-order valence-electron chi connectivity index (χ2n) is 9.81. The molecular formula is C28H25Cl3N2O3. The number of hydrogen-bond donors (Lipinski definition) is 1. The molecule has 0 atom stereocenters. The summed E-state index contributed by atoms with van der Waals surface area (Å²) < 4.78 is 12.1. The largest absolute Gasteiger partial charge is 0.385 e. The number of nitrogens with zero attached hydrogens (tertiary/aromatic N) is 2. The third-order valence-corrected chi connectivity index (χ3v) is 8.38. The van der Waals surface area contributed by atoms with Gasteiger partial charge in [0, 0.05) is 28.6 Å². The van der Waals surface area contributed by atoms with E-state index >= 15 is 0 Å². The molecule has 2 fully saturated rings. The van der Waals surface area contributed by atoms with E-state index < -0.39 is 5.60 Å². The van der Waals surface area contributed by atoms with E-state index in [-0.39, 0.29) is 6.10 Å². The Morgan fingerprint density at radius 1 is 0.972 bits per heavy atom. The molecule has 36 heavy (non-hydrogen) atoms. The highest BCUT2D eigenvalue weighted by molar-refractivity contribution is 6.39. The summed E-state index contributed by atoms with van der Waals surface area (Å²) in [6.45, 7) is 0.369. The fourth-order valence-corrected chi connectivity index (χ4v) is 5.97. The van der Waals surface area contributed by atoms with Crippen LogP contribution in [0.1, 0.15) is 61.3 Å². The van der Waals surface area contributed by atoms with Crippen molar-refractivity contribution < 1.29 is 14.4 Å². The quantitative estimate of drug-likeness (QED) is 0.266. The average molecular weight is 544 g/mol. The zero-order valence-electron chi connectivity index (χ0n) is 19.5. The number of aromatic nitrogens is 2. The molecule has 0 bridgehead atoms. The van der Waals surface area contributed by atoms with Crippen LogP contribution in [0.25, 0.3) is 22.2 Å². The first-order chi connectivity index (χ1) is 17.4. The molecule has 0 aliphatic heterocycles. The van der Waals surface area contributed by atoms with E-state index in [4.69, 9.17) is 44.1 Å². The van der Waals surface area contributed by atoms with Crippen LogP contribution in [0.3, 0.4) is 0 Å². The molecule has 0 unspecified atom stereocenters. The number of pyridine rings is 1. The summed E-state index contributed by atoms with van der Waals surface area (Å²) >= 11 is 19.2. The van der Waals surface area contributed by atoms with Crippen LogP contribution in [0, 0.1) is 0 Å². The van der Waals surface area contributed by atoms with Crippen LogP contribution >= 0.6 is 34.8 Å². The van der Waals surface area contributed by atoms with Gasteiger partial charge in [0.15, 0.2) is 0 Å². The van der Waals surface area contributed by atoms with Gasteiger partial charge in [0.2, 0.25) is 0 Å². The minimum absolute atomic E-state index is 0.0230. The molecule has 0 saturated heterocycles. The summed E-state index contributed by atoms with van der Waals surface area (Å²) in [6.07, 6.45) is 6.56. The van der Waals surface area contributed by atoms with Gasteiger partial charge in [-0.15, -0.1) is 0 Å². The number of halogens is 3. The molecule has 0 spiro atoms. The van der Waals surface area contributed by atoms with Crippen molar-refractivity contribution in [2.45, 2.75) is 62.8 Å². The fourth-order valence-electron chi connectivity index (χ4n) is 5.18. The van der Waals surface area contributed by atoms with Crippen LogP contribution in [0.4, 0.5) is 0 Å². The molecule has 6 rings (SSSR count). The Kier molecular flexibility index (Phi) is 6.47. The Labute approximate surface area is 224 Å². The highest BCUT2D eigenvalue weighted by Gasteiger charge is 2.37. The van der Waals surface area contributed by atoms with Gasteiger partial charge >= 0.3 is 0 Å². The molecule has 186 valence electrons. The average Bonchev–Trinajstić information content (AvgIpc) is 3.64. The molecule has 2 aliphatic carbocycles. The summed E-state index contributed by atoms with van der Waals surface area (Å²) in [5, 5.41) is 18.4. The summed E-state index contributed by atoms with van der Waals surface area (Å²) in [7, 11) is 0. The number of fused-ring (bicyclic) bond motifs is 1. The predicted octanol–water partition coefficient (Wildman–Crippen LogP) is 8.07. The van der Waals surface area contributed by atoms with Gasteiger partial charge < -0.3 is 14.4 Å². The molecular weight excluding hydrogens is 519 g/mol. The Morgan fingerprint density at radius 2 is 1.72 bits per heavy atom. The third kappa shape index (κ3) is 4.52. The van der Waals surface area contributed by atoms with Gasteiger partial charge in [-0.25, -0.2) is 0 Å². The van der Waals surface area contributed by atoms with Crippen molar-refractivity contribution in [2.24, 2.45) is 0 Å². The molecule has 2 aromatic carbocycles. The molecule has 0 amide bonds. The Balaban J connectivity index is 1.18. The summed E-state index contributed by atoms with van der Waals surface area (Å²) in [4.78, 5) is 4.42. The number of aliphatic hydroxyl groups is 1. The van der Waals surface area contributed by atoms with Crippen molar-refractivity contribution in [3.8, 4) is 11.3 Å². The maximum absolute atomic E-state index is 11.4. The third-order valence-electron chi connectivity index (χ3n) is 7.42. The molecule has 0 radical (unpaired) electrons. The normalized spacial score (nSPS) is 22.3. The second kappa shape index (κ2) is 9.62. The lowest BCUT2D eigenvalue weighted by molar-refractivity contribution is -0.0640. The lowest BCUT2D eigenvalue weighted by Gasteiger charge is -2.36. The topological polar surface area (TPSA) is 68.4 Å². The molecule has 2 heterocycles. The van der Waals surface area contributed by atoms with Gasteiger partial charge in [-0.05, 0) is 68.4 Å². The highest BCUT2D eigenvalue weighted by atomic mass is 35.5. The molecule has 8 heteroatoms. The molecule has 1 N–H and O–H groups in total. The minimum Gasteiger partial charge on any atom is -0.385 e. The fraction of sp³-hybridized carbons (Fsp3) is 0.357. The Bertz CT molecular complexity index is 1400. The summed E-state index contributed by atoms with van der Waals surface area (Å²) in [5.41, 5.74) is 3.00. The van der Waals surface area contributed by atoms with E-state index in [1.54, 1.807) is 24.4 Å². The number of benzene rings is 2.